The molecule has 1 aromatic heterocycles. The molecule has 1 aliphatic heterocycles. The fourth-order valence-electron chi connectivity index (χ4n) is 1.59. The third kappa shape index (κ3) is 1.85. The van der Waals surface area contributed by atoms with Gasteiger partial charge in [0.2, 0.25) is 0 Å². The van der Waals surface area contributed by atoms with Crippen molar-refractivity contribution < 1.29 is 0 Å². The average Bonchev–Trinajstić information content (AvgIpc) is 2.02. The highest BCUT2D eigenvalue weighted by atomic mass is 79.9. The molecule has 13 heavy (non-hydrogen) atoms. The van der Waals surface area contributed by atoms with E-state index in [0.29, 0.717) is 0 Å². The molecule has 1 saturated heterocycles. The van der Waals surface area contributed by atoms with Crippen LogP contribution < -0.4 is 4.90 Å². The maximum absolute atomic E-state index is 4.41. The van der Waals surface area contributed by atoms with Gasteiger partial charge in [0.15, 0.2) is 0 Å². The van der Waals surface area contributed by atoms with Gasteiger partial charge in [-0.15, -0.1) is 0 Å². The second kappa shape index (κ2) is 3.66. The van der Waals surface area contributed by atoms with Gasteiger partial charge in [-0.05, 0) is 40.4 Å². The number of anilines is 1. The number of nitrogens with zero attached hydrogens (tertiary/aromatic N) is 2. The molecule has 1 aliphatic rings. The molecule has 0 amide bonds. The van der Waals surface area contributed by atoms with Gasteiger partial charge in [-0.2, -0.15) is 0 Å². The number of aromatic nitrogens is 1. The summed E-state index contributed by atoms with van der Waals surface area (Å²) >= 11 is 3.38. The molecule has 0 saturated carbocycles. The minimum absolute atomic E-state index is 0.876. The van der Waals surface area contributed by atoms with Crippen molar-refractivity contribution >= 4 is 21.7 Å². The smallest absolute Gasteiger partial charge is 0.129 e. The van der Waals surface area contributed by atoms with Gasteiger partial charge in [0, 0.05) is 13.1 Å². The zero-order valence-electron chi connectivity index (χ0n) is 7.70. The van der Waals surface area contributed by atoms with Crippen LogP contribution in [0.2, 0.25) is 0 Å². The Morgan fingerprint density at radius 3 is 2.92 bits per heavy atom. The lowest BCUT2D eigenvalue weighted by Gasteiger charge is -2.39. The van der Waals surface area contributed by atoms with Crippen molar-refractivity contribution in [2.75, 3.05) is 18.0 Å². The van der Waals surface area contributed by atoms with Crippen LogP contribution in [0.3, 0.4) is 0 Å². The van der Waals surface area contributed by atoms with Crippen LogP contribution in [-0.4, -0.2) is 18.1 Å². The van der Waals surface area contributed by atoms with Crippen LogP contribution in [0.5, 0.6) is 0 Å². The summed E-state index contributed by atoms with van der Waals surface area (Å²) in [5.74, 6) is 1.97. The Bertz CT molecular complexity index is 295. The van der Waals surface area contributed by atoms with Crippen molar-refractivity contribution in [3.63, 3.8) is 0 Å². The quantitative estimate of drug-likeness (QED) is 0.740. The molecule has 0 radical (unpaired) electrons. The second-order valence-electron chi connectivity index (χ2n) is 3.50. The Morgan fingerprint density at radius 2 is 2.31 bits per heavy atom. The summed E-state index contributed by atoms with van der Waals surface area (Å²) in [7, 11) is 0. The predicted molar refractivity (Wildman–Crippen MR) is 57.9 cm³/mol. The van der Waals surface area contributed by atoms with Crippen LogP contribution in [0.25, 0.3) is 0 Å². The Morgan fingerprint density at radius 1 is 1.54 bits per heavy atom. The fraction of sp³-hybridized carbons (Fsp3) is 0.500. The Labute approximate surface area is 87.1 Å². The van der Waals surface area contributed by atoms with E-state index in [2.05, 4.69) is 38.8 Å². The van der Waals surface area contributed by atoms with Crippen LogP contribution in [0.15, 0.2) is 22.8 Å². The molecular formula is C10H13BrN2. The Balaban J connectivity index is 2.03. The zero-order chi connectivity index (χ0) is 9.26. The molecule has 2 nitrogen and oxygen atoms in total. The van der Waals surface area contributed by atoms with E-state index in [1.165, 1.54) is 19.5 Å². The van der Waals surface area contributed by atoms with Gasteiger partial charge in [-0.3, -0.25) is 0 Å². The van der Waals surface area contributed by atoms with Crippen LogP contribution in [-0.2, 0) is 0 Å². The van der Waals surface area contributed by atoms with E-state index in [0.717, 1.165) is 16.3 Å². The van der Waals surface area contributed by atoms with Gasteiger partial charge >= 0.3 is 0 Å². The first kappa shape index (κ1) is 9.00. The summed E-state index contributed by atoms with van der Waals surface area (Å²) in [4.78, 5) is 6.72. The van der Waals surface area contributed by atoms with Gasteiger partial charge in [0.1, 0.15) is 10.4 Å². The van der Waals surface area contributed by atoms with Gasteiger partial charge in [-0.25, -0.2) is 4.98 Å². The number of pyridine rings is 1. The van der Waals surface area contributed by atoms with E-state index in [-0.39, 0.29) is 0 Å². The topological polar surface area (TPSA) is 16.1 Å². The maximum atomic E-state index is 4.41. The van der Waals surface area contributed by atoms with Crippen molar-refractivity contribution in [2.24, 2.45) is 5.92 Å². The fourth-order valence-corrected chi connectivity index (χ4v) is 1.92. The normalized spacial score (nSPS) is 17.2. The molecule has 2 rings (SSSR count). The molecule has 0 spiro atoms. The monoisotopic (exact) mass is 240 g/mol. The summed E-state index contributed by atoms with van der Waals surface area (Å²) < 4.78 is 0.921. The predicted octanol–water partition coefficient (Wildman–Crippen LogP) is 2.69. The van der Waals surface area contributed by atoms with E-state index < -0.39 is 0 Å². The Kier molecular flexibility index (Phi) is 2.54. The van der Waals surface area contributed by atoms with E-state index in [9.17, 15) is 0 Å². The van der Waals surface area contributed by atoms with Gasteiger partial charge in [-0.1, -0.05) is 13.0 Å². The molecule has 0 aromatic carbocycles. The number of hydrogen-bond donors (Lipinski definition) is 0. The van der Waals surface area contributed by atoms with Crippen molar-refractivity contribution in [3.8, 4) is 0 Å². The summed E-state index contributed by atoms with van der Waals surface area (Å²) in [6.07, 6.45) is 1.28. The molecule has 2 heterocycles. The third-order valence-electron chi connectivity index (χ3n) is 2.56. The zero-order valence-corrected chi connectivity index (χ0v) is 9.29. The van der Waals surface area contributed by atoms with Crippen molar-refractivity contribution in [1.82, 2.24) is 4.98 Å². The second-order valence-corrected chi connectivity index (χ2v) is 4.31. The molecule has 0 atom stereocenters. The number of halogens is 1. The minimum atomic E-state index is 0.876. The van der Waals surface area contributed by atoms with Crippen LogP contribution >= 0.6 is 15.9 Å². The van der Waals surface area contributed by atoms with Gasteiger partial charge < -0.3 is 4.90 Å². The van der Waals surface area contributed by atoms with Gasteiger partial charge in [0.05, 0.1) is 0 Å². The van der Waals surface area contributed by atoms with E-state index >= 15 is 0 Å². The summed E-state index contributed by atoms with van der Waals surface area (Å²) in [6, 6.07) is 6.06. The molecule has 0 unspecified atom stereocenters. The first-order valence-corrected chi connectivity index (χ1v) is 5.46. The molecule has 70 valence electrons. The summed E-state index contributed by atoms with van der Waals surface area (Å²) in [5, 5.41) is 0. The standard InChI is InChI=1S/C10H13BrN2/c1-2-8-6-13(7-8)10-5-3-4-9(11)12-10/h3-5,8H,2,6-7H2,1H3. The highest BCUT2D eigenvalue weighted by Gasteiger charge is 2.25. The lowest BCUT2D eigenvalue weighted by atomic mass is 9.97. The number of hydrogen-bond acceptors (Lipinski definition) is 2. The van der Waals surface area contributed by atoms with Crippen LogP contribution in [0.1, 0.15) is 13.3 Å². The van der Waals surface area contributed by atoms with Gasteiger partial charge in [0.25, 0.3) is 0 Å². The Hall–Kier alpha value is -0.570. The molecule has 1 aromatic rings. The van der Waals surface area contributed by atoms with Crippen LogP contribution in [0.4, 0.5) is 5.82 Å². The van der Waals surface area contributed by atoms with E-state index in [1.54, 1.807) is 0 Å². The number of rotatable bonds is 2. The first-order chi connectivity index (χ1) is 6.29. The SMILES string of the molecule is CCC1CN(c2cccc(Br)n2)C1. The van der Waals surface area contributed by atoms with E-state index in [4.69, 9.17) is 0 Å². The third-order valence-corrected chi connectivity index (χ3v) is 3.00. The lowest BCUT2D eigenvalue weighted by molar-refractivity contribution is 0.396. The van der Waals surface area contributed by atoms with Crippen molar-refractivity contribution in [1.29, 1.82) is 0 Å². The highest BCUT2D eigenvalue weighted by Crippen LogP contribution is 2.25. The molecular weight excluding hydrogens is 228 g/mol. The summed E-state index contributed by atoms with van der Waals surface area (Å²) in [5.41, 5.74) is 0. The lowest BCUT2D eigenvalue weighted by Crippen LogP contribution is -2.46. The van der Waals surface area contributed by atoms with Crippen molar-refractivity contribution in [3.05, 3.63) is 22.8 Å². The maximum Gasteiger partial charge on any atom is 0.129 e. The molecule has 0 N–H and O–H groups in total. The first-order valence-electron chi connectivity index (χ1n) is 4.67. The molecule has 1 fully saturated rings. The highest BCUT2D eigenvalue weighted by molar-refractivity contribution is 9.10. The minimum Gasteiger partial charge on any atom is -0.356 e. The average molecular weight is 241 g/mol. The largest absolute Gasteiger partial charge is 0.356 e. The molecule has 0 aliphatic carbocycles. The summed E-state index contributed by atoms with van der Waals surface area (Å²) in [6.45, 7) is 4.58. The molecule has 3 heteroatoms. The van der Waals surface area contributed by atoms with E-state index in [1.807, 2.05) is 12.1 Å². The molecule has 0 bridgehead atoms. The van der Waals surface area contributed by atoms with Crippen LogP contribution in [0, 0.1) is 5.92 Å². The van der Waals surface area contributed by atoms with Crippen molar-refractivity contribution in [2.45, 2.75) is 13.3 Å².